The van der Waals surface area contributed by atoms with Gasteiger partial charge in [-0.25, -0.2) is 13.1 Å². The highest BCUT2D eigenvalue weighted by Crippen LogP contribution is 2.04. The van der Waals surface area contributed by atoms with Crippen LogP contribution in [0, 0.1) is 5.92 Å². The van der Waals surface area contributed by atoms with Crippen LogP contribution in [0.1, 0.15) is 41.0 Å². The first kappa shape index (κ1) is 15.9. The molecule has 0 aromatic rings. The summed E-state index contributed by atoms with van der Waals surface area (Å²) < 4.78 is 26.0. The van der Waals surface area contributed by atoms with Gasteiger partial charge in [-0.2, -0.15) is 0 Å². The summed E-state index contributed by atoms with van der Waals surface area (Å²) in [6.07, 6.45) is 0.872. The van der Waals surface area contributed by atoms with Crippen LogP contribution in [0.2, 0.25) is 0 Å². The van der Waals surface area contributed by atoms with Gasteiger partial charge in [0.25, 0.3) is 0 Å². The van der Waals surface area contributed by atoms with E-state index in [1.807, 2.05) is 20.8 Å². The van der Waals surface area contributed by atoms with E-state index in [4.69, 9.17) is 0 Å². The van der Waals surface area contributed by atoms with Crippen molar-refractivity contribution in [3.8, 4) is 0 Å². The molecule has 0 aromatic heterocycles. The number of hydrogen-bond donors (Lipinski definition) is 2. The maximum absolute atomic E-state index is 11.7. The summed E-state index contributed by atoms with van der Waals surface area (Å²) in [5.74, 6) is 0.652. The van der Waals surface area contributed by atoms with Gasteiger partial charge in [0.2, 0.25) is 10.0 Å². The van der Waals surface area contributed by atoms with Gasteiger partial charge in [-0.15, -0.1) is 0 Å². The van der Waals surface area contributed by atoms with Crippen molar-refractivity contribution in [2.75, 3.05) is 12.3 Å². The average Bonchev–Trinajstić information content (AvgIpc) is 1.98. The zero-order chi connectivity index (χ0) is 12.8. The maximum atomic E-state index is 11.7. The molecule has 0 fully saturated rings. The van der Waals surface area contributed by atoms with Gasteiger partial charge in [-0.05, 0) is 19.3 Å². The van der Waals surface area contributed by atoms with Crippen LogP contribution in [0.15, 0.2) is 0 Å². The quantitative estimate of drug-likeness (QED) is 0.683. The summed E-state index contributed by atoms with van der Waals surface area (Å²) in [4.78, 5) is 0. The van der Waals surface area contributed by atoms with Crippen molar-refractivity contribution in [2.24, 2.45) is 5.92 Å². The Kier molecular flexibility index (Phi) is 7.19. The van der Waals surface area contributed by atoms with E-state index < -0.39 is 10.0 Å². The number of sulfonamides is 1. The topological polar surface area (TPSA) is 58.2 Å². The maximum Gasteiger partial charge on any atom is 0.213 e. The van der Waals surface area contributed by atoms with Crippen LogP contribution in [-0.4, -0.2) is 32.8 Å². The second kappa shape index (κ2) is 7.25. The number of rotatable bonds is 8. The predicted molar refractivity (Wildman–Crippen MR) is 69.0 cm³/mol. The molecule has 0 saturated heterocycles. The number of nitrogens with one attached hydrogen (secondary N) is 2. The molecule has 0 spiro atoms. The molecule has 0 saturated carbocycles. The van der Waals surface area contributed by atoms with Crippen molar-refractivity contribution in [2.45, 2.75) is 53.1 Å². The molecule has 0 aliphatic heterocycles. The lowest BCUT2D eigenvalue weighted by Gasteiger charge is -2.16. The summed E-state index contributed by atoms with van der Waals surface area (Å²) in [7, 11) is -3.13. The van der Waals surface area contributed by atoms with Crippen molar-refractivity contribution < 1.29 is 8.42 Å². The van der Waals surface area contributed by atoms with Gasteiger partial charge < -0.3 is 5.32 Å². The third-order valence-corrected chi connectivity index (χ3v) is 3.63. The molecular formula is C11H26N2O2S. The second-order valence-electron chi connectivity index (χ2n) is 5.08. The number of hydrogen-bond acceptors (Lipinski definition) is 3. The van der Waals surface area contributed by atoms with Crippen molar-refractivity contribution in [3.05, 3.63) is 0 Å². The van der Waals surface area contributed by atoms with E-state index in [1.165, 1.54) is 0 Å². The fourth-order valence-corrected chi connectivity index (χ4v) is 2.82. The molecule has 1 unspecified atom stereocenters. The second-order valence-corrected chi connectivity index (χ2v) is 6.95. The molecule has 16 heavy (non-hydrogen) atoms. The van der Waals surface area contributed by atoms with Crippen LogP contribution in [0.3, 0.4) is 0 Å². The Labute approximate surface area is 100 Å². The molecule has 0 radical (unpaired) electrons. The molecule has 5 heteroatoms. The van der Waals surface area contributed by atoms with Gasteiger partial charge in [-0.3, -0.25) is 0 Å². The Hall–Kier alpha value is -0.130. The lowest BCUT2D eigenvalue weighted by Crippen LogP contribution is -2.39. The summed E-state index contributed by atoms with van der Waals surface area (Å²) in [6.45, 7) is 10.6. The van der Waals surface area contributed by atoms with Gasteiger partial charge in [0.1, 0.15) is 0 Å². The van der Waals surface area contributed by atoms with Crippen LogP contribution >= 0.6 is 0 Å². The highest BCUT2D eigenvalue weighted by Gasteiger charge is 2.14. The summed E-state index contributed by atoms with van der Waals surface area (Å²) in [5.41, 5.74) is 0. The van der Waals surface area contributed by atoms with E-state index in [2.05, 4.69) is 23.9 Å². The lowest BCUT2D eigenvalue weighted by molar-refractivity contribution is 0.481. The van der Waals surface area contributed by atoms with E-state index in [-0.39, 0.29) is 11.8 Å². The van der Waals surface area contributed by atoms with Crippen LogP contribution < -0.4 is 10.0 Å². The summed E-state index contributed by atoms with van der Waals surface area (Å²) >= 11 is 0. The Bertz CT molecular complexity index is 274. The Morgan fingerprint density at radius 2 is 1.62 bits per heavy atom. The molecule has 0 aliphatic carbocycles. The van der Waals surface area contributed by atoms with Gasteiger partial charge in [0.15, 0.2) is 0 Å². The fourth-order valence-electron chi connectivity index (χ4n) is 1.60. The Balaban J connectivity index is 3.95. The molecular weight excluding hydrogens is 224 g/mol. The third-order valence-electron chi connectivity index (χ3n) is 2.13. The third kappa shape index (κ3) is 9.12. The van der Waals surface area contributed by atoms with Gasteiger partial charge in [-0.1, -0.05) is 27.7 Å². The smallest absolute Gasteiger partial charge is 0.213 e. The highest BCUT2D eigenvalue weighted by molar-refractivity contribution is 7.89. The minimum atomic E-state index is -3.13. The van der Waals surface area contributed by atoms with Crippen molar-refractivity contribution in [1.29, 1.82) is 0 Å². The van der Waals surface area contributed by atoms with E-state index in [9.17, 15) is 8.42 Å². The Morgan fingerprint density at radius 1 is 1.06 bits per heavy atom. The normalized spacial score (nSPS) is 14.7. The minimum Gasteiger partial charge on any atom is -0.313 e. The first-order chi connectivity index (χ1) is 7.23. The molecule has 0 rings (SSSR count). The largest absolute Gasteiger partial charge is 0.313 e. The van der Waals surface area contributed by atoms with Crippen LogP contribution in [0.5, 0.6) is 0 Å². The molecule has 0 bridgehead atoms. The summed E-state index contributed by atoms with van der Waals surface area (Å²) in [6, 6.07) is 0.340. The van der Waals surface area contributed by atoms with Gasteiger partial charge >= 0.3 is 0 Å². The van der Waals surface area contributed by atoms with E-state index in [0.717, 1.165) is 6.42 Å². The van der Waals surface area contributed by atoms with Crippen molar-refractivity contribution in [3.63, 3.8) is 0 Å². The van der Waals surface area contributed by atoms with E-state index in [0.29, 0.717) is 18.5 Å². The lowest BCUT2D eigenvalue weighted by atomic mass is 10.1. The monoisotopic (exact) mass is 250 g/mol. The van der Waals surface area contributed by atoms with Crippen molar-refractivity contribution in [1.82, 2.24) is 10.0 Å². The molecule has 1 atom stereocenters. The Morgan fingerprint density at radius 3 is 2.06 bits per heavy atom. The first-order valence-corrected chi connectivity index (χ1v) is 7.61. The molecule has 0 aliphatic rings. The standard InChI is InChI=1S/C11H26N2O2S/c1-9(2)8-11(5)13-16(14,15)7-6-12-10(3)4/h9-13H,6-8H2,1-5H3. The van der Waals surface area contributed by atoms with Gasteiger partial charge in [0, 0.05) is 18.6 Å². The van der Waals surface area contributed by atoms with Gasteiger partial charge in [0.05, 0.1) is 5.75 Å². The zero-order valence-electron chi connectivity index (χ0n) is 11.1. The zero-order valence-corrected chi connectivity index (χ0v) is 11.9. The van der Waals surface area contributed by atoms with E-state index >= 15 is 0 Å². The molecule has 4 nitrogen and oxygen atoms in total. The molecule has 0 aromatic carbocycles. The first-order valence-electron chi connectivity index (χ1n) is 5.96. The average molecular weight is 250 g/mol. The van der Waals surface area contributed by atoms with Crippen LogP contribution in [0.25, 0.3) is 0 Å². The minimum absolute atomic E-state index is 0.0176. The fraction of sp³-hybridized carbons (Fsp3) is 1.00. The predicted octanol–water partition coefficient (Wildman–Crippen LogP) is 1.34. The van der Waals surface area contributed by atoms with E-state index in [1.54, 1.807) is 0 Å². The molecule has 2 N–H and O–H groups in total. The molecule has 0 heterocycles. The summed E-state index contributed by atoms with van der Waals surface area (Å²) in [5, 5.41) is 3.10. The van der Waals surface area contributed by atoms with Crippen molar-refractivity contribution >= 4 is 10.0 Å². The molecule has 98 valence electrons. The highest BCUT2D eigenvalue weighted by atomic mass is 32.2. The molecule has 0 amide bonds. The van der Waals surface area contributed by atoms with Crippen LogP contribution in [0.4, 0.5) is 0 Å². The SMILES string of the molecule is CC(C)CC(C)NS(=O)(=O)CCNC(C)C. The van der Waals surface area contributed by atoms with Crippen LogP contribution in [-0.2, 0) is 10.0 Å².